The summed E-state index contributed by atoms with van der Waals surface area (Å²) in [5.41, 5.74) is 42.4. The van der Waals surface area contributed by atoms with E-state index in [0.717, 1.165) is 67.3 Å². The average Bonchev–Trinajstić information content (AvgIpc) is 0.643. The van der Waals surface area contributed by atoms with Gasteiger partial charge in [-0.25, -0.2) is 27.4 Å². The lowest BCUT2D eigenvalue weighted by Crippen LogP contribution is -2.31. The Morgan fingerprint density at radius 3 is 0.752 bits per heavy atom. The Balaban J connectivity index is 0.000000143. The van der Waals surface area contributed by atoms with Gasteiger partial charge in [0.25, 0.3) is 0 Å². The molecule has 0 amide bonds. The number of hydrogen-bond acceptors (Lipinski definition) is 0. The monoisotopic (exact) mass is 1700 g/mol. The van der Waals surface area contributed by atoms with Crippen molar-refractivity contribution in [1.82, 2.24) is 0 Å². The molecule has 0 aliphatic heterocycles. The minimum Gasteiger partial charge on any atom is -0.201 e. The number of aromatic nitrogens is 6. The summed E-state index contributed by atoms with van der Waals surface area (Å²) < 4.78 is 103. The Bertz CT molecular complexity index is 7440. The molecule has 0 saturated carbocycles. The van der Waals surface area contributed by atoms with Crippen LogP contribution < -0.4 is 27.4 Å². The first-order chi connectivity index (χ1) is 67.0. The highest BCUT2D eigenvalue weighted by atomic mass is 14.9. The smallest absolute Gasteiger partial charge is 0.201 e. The van der Waals surface area contributed by atoms with Crippen LogP contribution in [-0.4, -0.2) is 0 Å². The lowest BCUT2D eigenvalue weighted by atomic mass is 9.93. The quantitative estimate of drug-likeness (QED) is 0.109. The van der Waals surface area contributed by atoms with Crippen molar-refractivity contribution in [2.45, 2.75) is 104 Å². The normalized spacial score (nSPS) is 12.4. The fraction of sp³-hybridized carbons (Fsp3) is 0.171. The van der Waals surface area contributed by atoms with Gasteiger partial charge in [-0.15, -0.1) is 0 Å². The largest absolute Gasteiger partial charge is 0.212 e. The average molecular weight is 1700 g/mol. The lowest BCUT2D eigenvalue weighted by molar-refractivity contribution is -0.660. The molecule has 0 saturated heterocycles. The van der Waals surface area contributed by atoms with Crippen molar-refractivity contribution in [2.75, 3.05) is 0 Å². The van der Waals surface area contributed by atoms with Crippen LogP contribution in [-0.2, 0) is 42.3 Å². The van der Waals surface area contributed by atoms with Crippen LogP contribution in [0.25, 0.3) is 134 Å². The van der Waals surface area contributed by atoms with E-state index in [1.807, 2.05) is 145 Å². The highest BCUT2D eigenvalue weighted by Gasteiger charge is 2.22. The van der Waals surface area contributed by atoms with Crippen LogP contribution in [0.1, 0.15) is 99.9 Å². The van der Waals surface area contributed by atoms with E-state index in [4.69, 9.17) is 16.4 Å². The third-order valence-corrected chi connectivity index (χ3v) is 24.0. The zero-order valence-electron chi connectivity index (χ0n) is 89.6. The molecule has 0 fully saturated rings. The second-order valence-electron chi connectivity index (χ2n) is 33.7. The summed E-state index contributed by atoms with van der Waals surface area (Å²) in [4.78, 5) is 0. The Kier molecular flexibility index (Phi) is 25.5. The Morgan fingerprint density at radius 1 is 0.155 bits per heavy atom. The first-order valence-electron chi connectivity index (χ1n) is 49.9. The van der Waals surface area contributed by atoms with Crippen LogP contribution in [0.5, 0.6) is 0 Å². The molecule has 0 spiro atoms. The Hall–Kier alpha value is -14.5. The highest BCUT2D eigenvalue weighted by molar-refractivity contribution is 5.79. The number of rotatable bonds is 12. The second kappa shape index (κ2) is 42.7. The summed E-state index contributed by atoms with van der Waals surface area (Å²) in [6.07, 6.45) is 11.0. The van der Waals surface area contributed by atoms with Crippen LogP contribution >= 0.6 is 0 Å². The third kappa shape index (κ3) is 22.9. The predicted molar refractivity (Wildman–Crippen MR) is 542 cm³/mol. The standard InChI is InChI=1S/C22H24N.2C21H22N.2C20H20N.C19H18N/c1-15-13-22(23(5)14-18(15)4)21-12-16(2)20(11-17(21)3)19-9-7-6-8-10-19;1-15-13-21(22(4)14-17(15)3)20-11-10-19(12-16(20)2)18-8-6-5-7-9-18;1-15-10-11-21(22(4)14-15)20-13-16(2)19(12-17(20)3)18-8-6-5-7-9-18;1-15-14-19(20-11-7-8-12-21(20)3)16(2)13-18(15)17-9-5-4-6-10-17;1-15-9-12-20(21(3)14-15)19-11-10-18(13-16(19)2)17-7-5-4-6-8-17;1-15-11-12-17(16-8-4-3-5-9-16)14-18(15)19-10-6-7-13-20(19)2/h6-14H,1-5H3;2*5-14H,1-4H3;2*4-14H,1-3H3;3-14H,1-2H3/q6*+1/i4D3;3D3;1D3;;1D3;. The van der Waals surface area contributed by atoms with Gasteiger partial charge in [0, 0.05) is 121 Å². The van der Waals surface area contributed by atoms with Crippen LogP contribution in [0.3, 0.4) is 0 Å². The van der Waals surface area contributed by atoms with Gasteiger partial charge in [0.05, 0.1) is 0 Å². The zero-order valence-corrected chi connectivity index (χ0v) is 77.6. The van der Waals surface area contributed by atoms with Crippen molar-refractivity contribution < 1.29 is 43.9 Å². The fourth-order valence-electron chi connectivity index (χ4n) is 16.7. The van der Waals surface area contributed by atoms with Gasteiger partial charge in [-0.3, -0.25) is 0 Å². The van der Waals surface area contributed by atoms with Crippen molar-refractivity contribution in [3.63, 3.8) is 0 Å². The van der Waals surface area contributed by atoms with Crippen molar-refractivity contribution in [3.8, 4) is 134 Å². The van der Waals surface area contributed by atoms with Gasteiger partial charge in [-0.05, 0) is 292 Å². The summed E-state index contributed by atoms with van der Waals surface area (Å²) in [6, 6.07) is 119. The van der Waals surface area contributed by atoms with Crippen LogP contribution in [0, 0.1) is 104 Å². The molecule has 12 aromatic carbocycles. The maximum Gasteiger partial charge on any atom is 0.212 e. The predicted octanol–water partition coefficient (Wildman–Crippen LogP) is 27.7. The summed E-state index contributed by atoms with van der Waals surface area (Å²) in [5, 5.41) is 0. The maximum absolute atomic E-state index is 7.71. The minimum atomic E-state index is -2.09. The Morgan fingerprint density at radius 2 is 0.419 bits per heavy atom. The number of pyridine rings is 6. The van der Waals surface area contributed by atoms with E-state index in [1.54, 1.807) is 36.9 Å². The van der Waals surface area contributed by atoms with Crippen LogP contribution in [0.4, 0.5) is 0 Å². The summed E-state index contributed by atoms with van der Waals surface area (Å²) in [6.45, 7) is 14.5. The number of nitrogens with zero attached hydrogens (tertiary/aromatic N) is 6. The van der Waals surface area contributed by atoms with E-state index < -0.39 is 27.4 Å². The van der Waals surface area contributed by atoms with Gasteiger partial charge in [0.2, 0.25) is 34.2 Å². The molecule has 0 aliphatic rings. The highest BCUT2D eigenvalue weighted by Crippen LogP contribution is 2.37. The van der Waals surface area contributed by atoms with Gasteiger partial charge in [0.15, 0.2) is 37.2 Å². The molecule has 0 N–H and O–H groups in total. The molecule has 129 heavy (non-hydrogen) atoms. The number of benzene rings is 12. The van der Waals surface area contributed by atoms with Gasteiger partial charge in [0.1, 0.15) is 42.3 Å². The van der Waals surface area contributed by atoms with Gasteiger partial charge >= 0.3 is 0 Å². The van der Waals surface area contributed by atoms with Crippen LogP contribution in [0.2, 0.25) is 0 Å². The van der Waals surface area contributed by atoms with Gasteiger partial charge in [-0.2, -0.15) is 0 Å². The molecule has 6 heteroatoms. The van der Waals surface area contributed by atoms with Crippen molar-refractivity contribution in [2.24, 2.45) is 42.3 Å². The molecule has 642 valence electrons. The van der Waals surface area contributed by atoms with Crippen molar-refractivity contribution in [1.29, 1.82) is 0 Å². The van der Waals surface area contributed by atoms with Crippen LogP contribution in [0.15, 0.2) is 383 Å². The van der Waals surface area contributed by atoms with E-state index in [2.05, 4.69) is 347 Å². The molecular formula is C123H126N6+6. The summed E-state index contributed by atoms with van der Waals surface area (Å²) in [7, 11) is 11.8. The molecule has 0 bridgehead atoms. The molecule has 0 atom stereocenters. The lowest BCUT2D eigenvalue weighted by Gasteiger charge is -2.12. The Labute approximate surface area is 786 Å². The fourth-order valence-corrected chi connectivity index (χ4v) is 16.7. The second-order valence-corrected chi connectivity index (χ2v) is 33.7. The van der Waals surface area contributed by atoms with Crippen molar-refractivity contribution >= 4 is 0 Å². The number of hydrogen-bond donors (Lipinski definition) is 0. The molecule has 0 radical (unpaired) electrons. The molecule has 18 aromatic rings. The topological polar surface area (TPSA) is 23.3 Å². The first kappa shape index (κ1) is 76.9. The SMILES string of the molecule is Cc1cc(-c2cccc[n+]2C)c(C)cc1-c1ccccc1.Cc1ccc(-c2ccccc2)cc1-c1cccc[n+]1C.[2H]C([2H])([2H])c1c[n+](C)c(-c2cc(C)c(-c3ccccc3)cc2C)cc1C.[2H]C([2H])([2H])c1c[n+](C)c(-c2ccc(-c3ccccc3)cc2C)cc1C.[2H]C([2H])([2H])c1ccc(-c2cc(C)c(-c3ccccc3)cc2C)[n+](C)c1.[2H]C([2H])([2H])c1ccc(-c2ccc(-c3ccccc3)cc2C)[n+](C)c1. The minimum absolute atomic E-state index is 0.354. The summed E-state index contributed by atoms with van der Waals surface area (Å²) >= 11 is 0. The summed E-state index contributed by atoms with van der Waals surface area (Å²) in [5.74, 6) is 0. The molecular weight excluding hydrogens is 1560 g/mol. The van der Waals surface area contributed by atoms with Gasteiger partial charge < -0.3 is 0 Å². The molecule has 6 nitrogen and oxygen atoms in total. The van der Waals surface area contributed by atoms with E-state index in [9.17, 15) is 0 Å². The molecule has 0 aliphatic carbocycles. The van der Waals surface area contributed by atoms with E-state index in [1.165, 1.54) is 128 Å². The number of aryl methyl sites for hydroxylation is 21. The van der Waals surface area contributed by atoms with E-state index >= 15 is 0 Å². The van der Waals surface area contributed by atoms with E-state index in [-0.39, 0.29) is 0 Å². The van der Waals surface area contributed by atoms with Crippen molar-refractivity contribution in [3.05, 3.63) is 466 Å². The first-order valence-corrected chi connectivity index (χ1v) is 43.9. The third-order valence-electron chi connectivity index (χ3n) is 24.0. The molecule has 6 heterocycles. The molecule has 18 rings (SSSR count). The van der Waals surface area contributed by atoms with E-state index in [0.29, 0.717) is 22.3 Å². The molecule has 6 aromatic heterocycles. The maximum atomic E-state index is 7.71. The molecule has 0 unspecified atom stereocenters. The van der Waals surface area contributed by atoms with Gasteiger partial charge in [-0.1, -0.05) is 237 Å². The zero-order chi connectivity index (χ0) is 102.